The SMILES string of the molecule is O=C(CN1CCC(OCCCO)CC1)NC1(c2ccccc2)CCC1. The minimum absolute atomic E-state index is 0.128. The molecule has 0 atom stereocenters. The van der Waals surface area contributed by atoms with E-state index in [1.807, 2.05) is 18.2 Å². The normalized spacial score (nSPS) is 20.8. The first-order valence-corrected chi connectivity index (χ1v) is 9.53. The van der Waals surface area contributed by atoms with Gasteiger partial charge in [-0.1, -0.05) is 30.3 Å². The van der Waals surface area contributed by atoms with Crippen LogP contribution >= 0.6 is 0 Å². The quantitative estimate of drug-likeness (QED) is 0.707. The van der Waals surface area contributed by atoms with Crippen LogP contribution in [0.25, 0.3) is 0 Å². The number of aliphatic hydroxyl groups is 1. The van der Waals surface area contributed by atoms with E-state index >= 15 is 0 Å². The fraction of sp³-hybridized carbons (Fsp3) is 0.650. The van der Waals surface area contributed by atoms with E-state index in [1.54, 1.807) is 0 Å². The largest absolute Gasteiger partial charge is 0.396 e. The van der Waals surface area contributed by atoms with Crippen molar-refractivity contribution in [2.24, 2.45) is 0 Å². The van der Waals surface area contributed by atoms with Crippen molar-refractivity contribution in [2.45, 2.75) is 50.2 Å². The number of nitrogens with one attached hydrogen (secondary N) is 1. The van der Waals surface area contributed by atoms with Gasteiger partial charge in [-0.15, -0.1) is 0 Å². The van der Waals surface area contributed by atoms with Crippen molar-refractivity contribution in [1.29, 1.82) is 0 Å². The lowest BCUT2D eigenvalue weighted by atomic mass is 9.72. The van der Waals surface area contributed by atoms with Crippen LogP contribution in [-0.4, -0.2) is 54.9 Å². The van der Waals surface area contributed by atoms with Crippen molar-refractivity contribution < 1.29 is 14.6 Å². The van der Waals surface area contributed by atoms with E-state index in [4.69, 9.17) is 9.84 Å². The zero-order chi connectivity index (χ0) is 17.5. The van der Waals surface area contributed by atoms with Gasteiger partial charge in [-0.25, -0.2) is 0 Å². The summed E-state index contributed by atoms with van der Waals surface area (Å²) in [5.41, 5.74) is 1.08. The summed E-state index contributed by atoms with van der Waals surface area (Å²) < 4.78 is 5.75. The molecule has 0 aromatic heterocycles. The van der Waals surface area contributed by atoms with Crippen LogP contribution in [0.5, 0.6) is 0 Å². The summed E-state index contributed by atoms with van der Waals surface area (Å²) in [6.07, 6.45) is 6.13. The van der Waals surface area contributed by atoms with Crippen LogP contribution in [0.15, 0.2) is 30.3 Å². The first-order chi connectivity index (χ1) is 12.2. The molecular formula is C20H30N2O3. The molecule has 1 aromatic rings. The number of likely N-dealkylation sites (tertiary alicyclic amines) is 1. The molecule has 2 fully saturated rings. The third-order valence-electron chi connectivity index (χ3n) is 5.47. The molecule has 1 heterocycles. The summed E-state index contributed by atoms with van der Waals surface area (Å²) in [5, 5.41) is 12.1. The molecule has 0 spiro atoms. The van der Waals surface area contributed by atoms with Gasteiger partial charge in [0.25, 0.3) is 0 Å². The van der Waals surface area contributed by atoms with Gasteiger partial charge in [0.1, 0.15) is 0 Å². The highest BCUT2D eigenvalue weighted by atomic mass is 16.5. The highest BCUT2D eigenvalue weighted by Gasteiger charge is 2.40. The third kappa shape index (κ3) is 4.81. The van der Waals surface area contributed by atoms with Gasteiger partial charge in [0.05, 0.1) is 18.2 Å². The molecule has 2 aliphatic rings. The average molecular weight is 346 g/mol. The maximum atomic E-state index is 12.6. The van der Waals surface area contributed by atoms with Gasteiger partial charge in [0.2, 0.25) is 5.91 Å². The molecule has 1 aliphatic carbocycles. The second-order valence-corrected chi connectivity index (χ2v) is 7.27. The minimum atomic E-state index is -0.149. The van der Waals surface area contributed by atoms with Gasteiger partial charge < -0.3 is 15.2 Å². The number of carbonyl (C=O) groups excluding carboxylic acids is 1. The van der Waals surface area contributed by atoms with Gasteiger partial charge in [-0.3, -0.25) is 9.69 Å². The number of benzene rings is 1. The van der Waals surface area contributed by atoms with Crippen LogP contribution < -0.4 is 5.32 Å². The Hall–Kier alpha value is -1.43. The van der Waals surface area contributed by atoms with Gasteiger partial charge in [-0.05, 0) is 44.1 Å². The Morgan fingerprint density at radius 3 is 2.56 bits per heavy atom. The number of nitrogens with zero attached hydrogens (tertiary/aromatic N) is 1. The molecule has 1 saturated carbocycles. The topological polar surface area (TPSA) is 61.8 Å². The van der Waals surface area contributed by atoms with E-state index in [2.05, 4.69) is 22.3 Å². The van der Waals surface area contributed by atoms with Crippen molar-refractivity contribution in [3.05, 3.63) is 35.9 Å². The number of hydrogen-bond donors (Lipinski definition) is 2. The van der Waals surface area contributed by atoms with E-state index in [0.717, 1.165) is 38.8 Å². The monoisotopic (exact) mass is 346 g/mol. The summed E-state index contributed by atoms with van der Waals surface area (Å²) in [6.45, 7) is 3.08. The number of rotatable bonds is 8. The predicted octanol–water partition coefficient (Wildman–Crippen LogP) is 2.05. The number of hydrogen-bond acceptors (Lipinski definition) is 4. The summed E-state index contributed by atoms with van der Waals surface area (Å²) in [4.78, 5) is 14.8. The summed E-state index contributed by atoms with van der Waals surface area (Å²) in [6, 6.07) is 10.3. The Labute approximate surface area is 150 Å². The first kappa shape index (κ1) is 18.4. The molecular weight excluding hydrogens is 316 g/mol. The molecule has 0 radical (unpaired) electrons. The molecule has 25 heavy (non-hydrogen) atoms. The maximum absolute atomic E-state index is 12.6. The molecule has 138 valence electrons. The zero-order valence-electron chi connectivity index (χ0n) is 15.0. The fourth-order valence-electron chi connectivity index (χ4n) is 3.83. The van der Waals surface area contributed by atoms with Crippen LogP contribution in [0, 0.1) is 0 Å². The molecule has 5 heteroatoms. The number of aliphatic hydroxyl groups excluding tert-OH is 1. The Bertz CT molecular complexity index is 537. The standard InChI is InChI=1S/C20H30N2O3/c23-14-5-15-25-18-8-12-22(13-9-18)16-19(24)21-20(10-4-11-20)17-6-2-1-3-7-17/h1-3,6-7,18,23H,4-5,8-16H2,(H,21,24). The Morgan fingerprint density at radius 1 is 1.24 bits per heavy atom. The smallest absolute Gasteiger partial charge is 0.234 e. The molecule has 3 rings (SSSR count). The lowest BCUT2D eigenvalue weighted by Crippen LogP contribution is -2.54. The molecule has 2 N–H and O–H groups in total. The van der Waals surface area contributed by atoms with E-state index in [-0.39, 0.29) is 24.2 Å². The summed E-state index contributed by atoms with van der Waals surface area (Å²) >= 11 is 0. The van der Waals surface area contributed by atoms with Crippen LogP contribution in [0.3, 0.4) is 0 Å². The number of piperidine rings is 1. The van der Waals surface area contributed by atoms with E-state index in [1.165, 1.54) is 12.0 Å². The maximum Gasteiger partial charge on any atom is 0.234 e. The van der Waals surface area contributed by atoms with Crippen molar-refractivity contribution in [1.82, 2.24) is 10.2 Å². The Kier molecular flexibility index (Phi) is 6.45. The fourth-order valence-corrected chi connectivity index (χ4v) is 3.83. The molecule has 5 nitrogen and oxygen atoms in total. The Balaban J connectivity index is 1.44. The van der Waals surface area contributed by atoms with Crippen molar-refractivity contribution in [2.75, 3.05) is 32.8 Å². The summed E-state index contributed by atoms with van der Waals surface area (Å²) in [5.74, 6) is 0.128. The van der Waals surface area contributed by atoms with Gasteiger partial charge in [0, 0.05) is 26.3 Å². The van der Waals surface area contributed by atoms with E-state index in [0.29, 0.717) is 19.6 Å². The van der Waals surface area contributed by atoms with Gasteiger partial charge in [0.15, 0.2) is 0 Å². The zero-order valence-corrected chi connectivity index (χ0v) is 15.0. The molecule has 1 aliphatic heterocycles. The molecule has 1 saturated heterocycles. The second-order valence-electron chi connectivity index (χ2n) is 7.27. The van der Waals surface area contributed by atoms with E-state index in [9.17, 15) is 4.79 Å². The number of amides is 1. The molecule has 1 aromatic carbocycles. The van der Waals surface area contributed by atoms with Crippen molar-refractivity contribution in [3.8, 4) is 0 Å². The van der Waals surface area contributed by atoms with E-state index < -0.39 is 0 Å². The highest BCUT2D eigenvalue weighted by Crippen LogP contribution is 2.41. The van der Waals surface area contributed by atoms with Crippen LogP contribution in [-0.2, 0) is 15.1 Å². The molecule has 1 amide bonds. The predicted molar refractivity (Wildman–Crippen MR) is 97.2 cm³/mol. The van der Waals surface area contributed by atoms with Crippen molar-refractivity contribution >= 4 is 5.91 Å². The minimum Gasteiger partial charge on any atom is -0.396 e. The third-order valence-corrected chi connectivity index (χ3v) is 5.47. The van der Waals surface area contributed by atoms with Crippen LogP contribution in [0.4, 0.5) is 0 Å². The summed E-state index contributed by atoms with van der Waals surface area (Å²) in [7, 11) is 0. The molecule has 0 unspecified atom stereocenters. The lowest BCUT2D eigenvalue weighted by molar-refractivity contribution is -0.126. The Morgan fingerprint density at radius 2 is 1.96 bits per heavy atom. The van der Waals surface area contributed by atoms with Gasteiger partial charge in [-0.2, -0.15) is 0 Å². The van der Waals surface area contributed by atoms with Crippen LogP contribution in [0.1, 0.15) is 44.1 Å². The average Bonchev–Trinajstić information content (AvgIpc) is 2.61. The lowest BCUT2D eigenvalue weighted by Gasteiger charge is -2.43. The van der Waals surface area contributed by atoms with Crippen molar-refractivity contribution in [3.63, 3.8) is 0 Å². The van der Waals surface area contributed by atoms with Crippen LogP contribution in [0.2, 0.25) is 0 Å². The second kappa shape index (κ2) is 8.79. The first-order valence-electron chi connectivity index (χ1n) is 9.53. The van der Waals surface area contributed by atoms with Gasteiger partial charge >= 0.3 is 0 Å². The number of carbonyl (C=O) groups is 1. The highest BCUT2D eigenvalue weighted by molar-refractivity contribution is 5.79. The molecule has 0 bridgehead atoms. The number of ether oxygens (including phenoxy) is 1.